The minimum absolute atomic E-state index is 0.372. The minimum Gasteiger partial charge on any atom is -0.377 e. The summed E-state index contributed by atoms with van der Waals surface area (Å²) in [7, 11) is 2.86. The van der Waals surface area contributed by atoms with Gasteiger partial charge in [-0.25, -0.2) is 0 Å². The van der Waals surface area contributed by atoms with E-state index in [0.717, 1.165) is 24.4 Å². The van der Waals surface area contributed by atoms with Crippen molar-refractivity contribution in [1.82, 2.24) is 4.98 Å². The molecule has 2 aliphatic rings. The Balaban J connectivity index is 1.36. The Morgan fingerprint density at radius 2 is 1.89 bits per heavy atom. The van der Waals surface area contributed by atoms with Gasteiger partial charge in [-0.05, 0) is 65.7 Å². The zero-order valence-electron chi connectivity index (χ0n) is 15.4. The van der Waals surface area contributed by atoms with E-state index in [1.54, 1.807) is 0 Å². The van der Waals surface area contributed by atoms with Gasteiger partial charge in [-0.3, -0.25) is 4.98 Å². The molecule has 0 amide bonds. The first-order chi connectivity index (χ1) is 13.3. The number of hydrogen-bond acceptors (Lipinski definition) is 2. The number of pyridine rings is 1. The van der Waals surface area contributed by atoms with Gasteiger partial charge in [0.2, 0.25) is 0 Å². The van der Waals surface area contributed by atoms with Crippen LogP contribution in [0.5, 0.6) is 0 Å². The van der Waals surface area contributed by atoms with Gasteiger partial charge in [0, 0.05) is 11.6 Å². The zero-order chi connectivity index (χ0) is 18.2. The van der Waals surface area contributed by atoms with E-state index in [0.29, 0.717) is 12.0 Å². The van der Waals surface area contributed by atoms with Gasteiger partial charge >= 0.3 is 0 Å². The lowest BCUT2D eigenvalue weighted by Crippen LogP contribution is -2.07. The third kappa shape index (κ3) is 3.28. The molecule has 27 heavy (non-hydrogen) atoms. The molecule has 0 bridgehead atoms. The summed E-state index contributed by atoms with van der Waals surface area (Å²) in [5.74, 6) is 1.50. The van der Waals surface area contributed by atoms with Crippen LogP contribution < -0.4 is 5.32 Å². The van der Waals surface area contributed by atoms with Crippen LogP contribution in [0.4, 0.5) is 5.69 Å². The number of nitrogens with zero attached hydrogens (tertiary/aromatic N) is 1. The minimum atomic E-state index is 0.372. The summed E-state index contributed by atoms with van der Waals surface area (Å²) in [5, 5.41) is 3.72. The van der Waals surface area contributed by atoms with E-state index in [4.69, 9.17) is 4.98 Å². The van der Waals surface area contributed by atoms with Crippen LogP contribution in [0.1, 0.15) is 41.6 Å². The van der Waals surface area contributed by atoms with E-state index in [-0.39, 0.29) is 0 Å². The predicted octanol–water partition coefficient (Wildman–Crippen LogP) is 5.83. The Morgan fingerprint density at radius 3 is 2.63 bits per heavy atom. The van der Waals surface area contributed by atoms with Crippen molar-refractivity contribution in [2.75, 3.05) is 11.5 Å². The van der Waals surface area contributed by atoms with Crippen molar-refractivity contribution in [2.45, 2.75) is 31.2 Å². The van der Waals surface area contributed by atoms with Gasteiger partial charge in [-0.1, -0.05) is 48.5 Å². The molecule has 1 saturated carbocycles. The molecule has 136 valence electrons. The molecule has 5 rings (SSSR count). The van der Waals surface area contributed by atoms with Crippen LogP contribution in [0, 0.1) is 5.92 Å². The maximum Gasteiger partial charge on any atom is 0.0531 e. The maximum atomic E-state index is 4.73. The Kier molecular flexibility index (Phi) is 4.45. The first-order valence-electron chi connectivity index (χ1n) is 9.93. The fourth-order valence-electron chi connectivity index (χ4n) is 4.47. The van der Waals surface area contributed by atoms with Crippen molar-refractivity contribution >= 4 is 14.9 Å². The number of fused-ring (bicyclic) bond motifs is 1. The molecule has 3 aromatic rings. The summed E-state index contributed by atoms with van der Waals surface area (Å²) in [5.41, 5.74) is 8.01. The Bertz CT molecular complexity index is 936. The lowest BCUT2D eigenvalue weighted by molar-refractivity contribution is 0.761. The van der Waals surface area contributed by atoms with Crippen molar-refractivity contribution in [3.8, 4) is 11.1 Å². The summed E-state index contributed by atoms with van der Waals surface area (Å²) >= 11 is 0. The van der Waals surface area contributed by atoms with Crippen LogP contribution >= 0.6 is 9.24 Å². The van der Waals surface area contributed by atoms with Crippen molar-refractivity contribution in [1.29, 1.82) is 0 Å². The first-order valence-corrected chi connectivity index (χ1v) is 10.7. The standard InChI is InChI=1S/C24H25N2P/c27-15-17-13-22(17)23-11-9-18(14-25-23)26-24-12-10-20-19(7-4-8-21(20)24)16-5-2-1-3-6-16/h1-9,11,14,17,22,24,26H,10,12-13,15,27H2. The van der Waals surface area contributed by atoms with Crippen molar-refractivity contribution in [2.24, 2.45) is 5.92 Å². The lowest BCUT2D eigenvalue weighted by Gasteiger charge is -2.16. The van der Waals surface area contributed by atoms with Gasteiger partial charge in [-0.2, -0.15) is 0 Å². The summed E-state index contributed by atoms with van der Waals surface area (Å²) in [6.07, 6.45) is 6.77. The number of rotatable bonds is 5. The van der Waals surface area contributed by atoms with Gasteiger partial charge in [0.15, 0.2) is 0 Å². The molecule has 0 radical (unpaired) electrons. The van der Waals surface area contributed by atoms with Gasteiger partial charge in [-0.15, -0.1) is 9.24 Å². The van der Waals surface area contributed by atoms with Crippen molar-refractivity contribution < 1.29 is 0 Å². The van der Waals surface area contributed by atoms with Crippen molar-refractivity contribution in [3.05, 3.63) is 83.7 Å². The van der Waals surface area contributed by atoms with E-state index >= 15 is 0 Å². The second-order valence-electron chi connectivity index (χ2n) is 7.78. The van der Waals surface area contributed by atoms with E-state index in [1.807, 2.05) is 6.20 Å². The van der Waals surface area contributed by atoms with Crippen LogP contribution in [0.3, 0.4) is 0 Å². The molecule has 1 heterocycles. The molecule has 3 heteroatoms. The molecule has 2 nitrogen and oxygen atoms in total. The first kappa shape index (κ1) is 17.0. The van der Waals surface area contributed by atoms with Crippen LogP contribution in [0.15, 0.2) is 66.9 Å². The molecular formula is C24H25N2P. The molecule has 0 spiro atoms. The van der Waals surface area contributed by atoms with Gasteiger partial charge < -0.3 is 5.32 Å². The maximum absolute atomic E-state index is 4.73. The molecule has 1 N–H and O–H groups in total. The third-order valence-electron chi connectivity index (χ3n) is 6.09. The molecule has 1 aromatic heterocycles. The molecule has 4 unspecified atom stereocenters. The quantitative estimate of drug-likeness (QED) is 0.570. The second kappa shape index (κ2) is 7.09. The normalized spacial score (nSPS) is 23.1. The molecule has 2 aromatic carbocycles. The Labute approximate surface area is 163 Å². The second-order valence-corrected chi connectivity index (χ2v) is 8.26. The monoisotopic (exact) mass is 372 g/mol. The summed E-state index contributed by atoms with van der Waals surface area (Å²) in [6.45, 7) is 0. The number of nitrogens with one attached hydrogen (secondary N) is 1. The third-order valence-corrected chi connectivity index (χ3v) is 6.69. The van der Waals surface area contributed by atoms with E-state index in [1.165, 1.54) is 40.5 Å². The number of hydrogen-bond donors (Lipinski definition) is 1. The molecule has 2 aliphatic carbocycles. The Morgan fingerprint density at radius 1 is 1.00 bits per heavy atom. The van der Waals surface area contributed by atoms with Crippen molar-refractivity contribution in [3.63, 3.8) is 0 Å². The van der Waals surface area contributed by atoms with E-state index < -0.39 is 0 Å². The van der Waals surface area contributed by atoms with Gasteiger partial charge in [0.1, 0.15) is 0 Å². The summed E-state index contributed by atoms with van der Waals surface area (Å²) in [6, 6.07) is 22.3. The highest BCUT2D eigenvalue weighted by atomic mass is 31.0. The summed E-state index contributed by atoms with van der Waals surface area (Å²) in [4.78, 5) is 4.73. The molecule has 0 aliphatic heterocycles. The fourth-order valence-corrected chi connectivity index (χ4v) is 4.99. The van der Waals surface area contributed by atoms with Crippen LogP contribution in [-0.2, 0) is 6.42 Å². The molecular weight excluding hydrogens is 347 g/mol. The number of benzene rings is 2. The molecule has 1 fully saturated rings. The largest absolute Gasteiger partial charge is 0.377 e. The molecule has 0 saturated heterocycles. The van der Waals surface area contributed by atoms with E-state index in [2.05, 4.69) is 75.2 Å². The fraction of sp³-hybridized carbons (Fsp3) is 0.292. The smallest absolute Gasteiger partial charge is 0.0531 e. The van der Waals surface area contributed by atoms with E-state index in [9.17, 15) is 0 Å². The average Bonchev–Trinajstić information content (AvgIpc) is 3.42. The lowest BCUT2D eigenvalue weighted by atomic mass is 9.96. The number of anilines is 1. The van der Waals surface area contributed by atoms with Crippen LogP contribution in [0.2, 0.25) is 0 Å². The van der Waals surface area contributed by atoms with Crippen LogP contribution in [0.25, 0.3) is 11.1 Å². The zero-order valence-corrected chi connectivity index (χ0v) is 16.6. The molecule has 4 atom stereocenters. The number of aromatic nitrogens is 1. The SMILES string of the molecule is PCC1CC1c1ccc(NC2CCc3c(-c4ccccc4)cccc32)cn1. The highest BCUT2D eigenvalue weighted by Crippen LogP contribution is 2.47. The van der Waals surface area contributed by atoms with Crippen LogP contribution in [-0.4, -0.2) is 11.1 Å². The predicted molar refractivity (Wildman–Crippen MR) is 116 cm³/mol. The highest BCUT2D eigenvalue weighted by Gasteiger charge is 2.37. The topological polar surface area (TPSA) is 24.9 Å². The highest BCUT2D eigenvalue weighted by molar-refractivity contribution is 7.16. The summed E-state index contributed by atoms with van der Waals surface area (Å²) < 4.78 is 0. The Hall–Kier alpha value is -2.18. The average molecular weight is 372 g/mol. The van der Waals surface area contributed by atoms with Gasteiger partial charge in [0.05, 0.1) is 17.9 Å². The van der Waals surface area contributed by atoms with Gasteiger partial charge in [0.25, 0.3) is 0 Å².